The fraction of sp³-hybridized carbons (Fsp3) is 0.389. The lowest BCUT2D eigenvalue weighted by atomic mass is 9.90. The second kappa shape index (κ2) is 14.6. The van der Waals surface area contributed by atoms with Gasteiger partial charge in [-0.2, -0.15) is 18.4 Å². The molecular weight excluding hydrogens is 627 g/mol. The molecule has 0 saturated carbocycles. The lowest BCUT2D eigenvalue weighted by molar-refractivity contribution is -0.272. The highest BCUT2D eigenvalue weighted by Crippen LogP contribution is 2.44. The Hall–Kier alpha value is -4.73. The maximum atomic E-state index is 14.9. The van der Waals surface area contributed by atoms with Crippen molar-refractivity contribution in [3.05, 3.63) is 89.1 Å². The molecule has 1 N–H and O–H groups in total. The summed E-state index contributed by atoms with van der Waals surface area (Å²) in [7, 11) is 3.04. The lowest BCUT2D eigenvalue weighted by Gasteiger charge is -2.39. The molecule has 4 aromatic rings. The third-order valence-electron chi connectivity index (χ3n) is 8.60. The number of piperidine rings is 1. The van der Waals surface area contributed by atoms with Gasteiger partial charge < -0.3 is 28.6 Å². The predicted molar refractivity (Wildman–Crippen MR) is 172 cm³/mol. The van der Waals surface area contributed by atoms with E-state index in [1.165, 1.54) is 25.4 Å². The number of nitrogens with zero attached hydrogens (tertiary/aromatic N) is 3. The number of aromatic nitrogens is 1. The van der Waals surface area contributed by atoms with Crippen molar-refractivity contribution < 1.29 is 42.0 Å². The summed E-state index contributed by atoms with van der Waals surface area (Å²) < 4.78 is 68.3. The third-order valence-corrected chi connectivity index (χ3v) is 8.60. The van der Waals surface area contributed by atoms with Gasteiger partial charge in [0, 0.05) is 43.3 Å². The van der Waals surface area contributed by atoms with E-state index in [-0.39, 0.29) is 55.7 Å². The van der Waals surface area contributed by atoms with Gasteiger partial charge in [0.05, 0.1) is 44.4 Å². The normalized spacial score (nSPS) is 15.5. The van der Waals surface area contributed by atoms with Crippen LogP contribution in [0.15, 0.2) is 66.9 Å². The number of aliphatic hydroxyl groups is 1. The largest absolute Gasteiger partial charge is 0.497 e. The third kappa shape index (κ3) is 7.53. The molecule has 48 heavy (non-hydrogen) atoms. The number of nitriles is 1. The fourth-order valence-corrected chi connectivity index (χ4v) is 6.06. The van der Waals surface area contributed by atoms with Crippen LogP contribution in [0.5, 0.6) is 17.2 Å². The highest BCUT2D eigenvalue weighted by atomic mass is 19.4. The zero-order chi connectivity index (χ0) is 34.5. The maximum absolute atomic E-state index is 14.9. The van der Waals surface area contributed by atoms with Gasteiger partial charge in [0.1, 0.15) is 11.9 Å². The van der Waals surface area contributed by atoms with E-state index in [0.29, 0.717) is 46.7 Å². The van der Waals surface area contributed by atoms with Crippen LogP contribution in [-0.4, -0.2) is 73.3 Å². The molecule has 1 atom stereocenters. The van der Waals surface area contributed by atoms with Gasteiger partial charge in [0.15, 0.2) is 11.5 Å². The van der Waals surface area contributed by atoms with Crippen LogP contribution in [0.2, 0.25) is 0 Å². The topological polar surface area (TPSA) is 106 Å². The number of likely N-dealkylation sites (tertiary alicyclic amines) is 1. The molecule has 0 amide bonds. The van der Waals surface area contributed by atoms with Crippen LogP contribution in [0, 0.1) is 11.3 Å². The summed E-state index contributed by atoms with van der Waals surface area (Å²) in [6.07, 6.45) is -3.01. The summed E-state index contributed by atoms with van der Waals surface area (Å²) in [5, 5.41) is 21.3. The molecule has 1 saturated heterocycles. The second-order valence-electron chi connectivity index (χ2n) is 11.8. The Balaban J connectivity index is 1.34. The predicted octanol–water partition coefficient (Wildman–Crippen LogP) is 5.98. The smallest absolute Gasteiger partial charge is 0.422 e. The van der Waals surface area contributed by atoms with E-state index in [2.05, 4.69) is 6.07 Å². The van der Waals surface area contributed by atoms with Crippen LogP contribution in [0.3, 0.4) is 0 Å². The Morgan fingerprint density at radius 1 is 0.979 bits per heavy atom. The molecule has 0 radical (unpaired) electrons. The summed E-state index contributed by atoms with van der Waals surface area (Å²) in [5.74, 6) is 1.20. The number of carbonyl (C=O) groups excluding carboxylic acids is 1. The zero-order valence-corrected chi connectivity index (χ0v) is 27.0. The first-order valence-corrected chi connectivity index (χ1v) is 15.6. The maximum Gasteiger partial charge on any atom is 0.422 e. The fourth-order valence-electron chi connectivity index (χ4n) is 6.06. The van der Waals surface area contributed by atoms with E-state index in [1.54, 1.807) is 59.9 Å². The number of benzene rings is 3. The molecule has 1 aromatic heterocycles. The first kappa shape index (κ1) is 34.6. The lowest BCUT2D eigenvalue weighted by Crippen LogP contribution is -2.53. The second-order valence-corrected chi connectivity index (χ2v) is 11.8. The monoisotopic (exact) mass is 665 g/mol. The number of rotatable bonds is 12. The van der Waals surface area contributed by atoms with E-state index in [4.69, 9.17) is 18.9 Å². The summed E-state index contributed by atoms with van der Waals surface area (Å²) in [6, 6.07) is 18.8. The molecule has 9 nitrogen and oxygen atoms in total. The van der Waals surface area contributed by atoms with Crippen molar-refractivity contribution in [3.8, 4) is 23.3 Å². The number of β-amino-alcohol motifs (C(OH)–C–C–N with tert-alkyl or cyclic N) is 1. The molecule has 3 aromatic carbocycles. The van der Waals surface area contributed by atoms with Gasteiger partial charge in [-0.05, 0) is 67.3 Å². The molecule has 1 fully saturated rings. The van der Waals surface area contributed by atoms with E-state index in [0.717, 1.165) is 5.56 Å². The number of halogens is 3. The van der Waals surface area contributed by atoms with Crippen LogP contribution in [0.1, 0.15) is 42.0 Å². The van der Waals surface area contributed by atoms with Crippen LogP contribution < -0.4 is 14.2 Å². The van der Waals surface area contributed by atoms with Gasteiger partial charge in [-0.15, -0.1) is 0 Å². The quantitative estimate of drug-likeness (QED) is 0.185. The summed E-state index contributed by atoms with van der Waals surface area (Å²) >= 11 is 0. The van der Waals surface area contributed by atoms with Crippen LogP contribution >= 0.6 is 0 Å². The number of hydrogen-bond donors (Lipinski definition) is 1. The Bertz CT molecular complexity index is 1770. The summed E-state index contributed by atoms with van der Waals surface area (Å²) in [4.78, 5) is 13.5. The minimum Gasteiger partial charge on any atom is -0.497 e. The number of hydrogen-bond acceptors (Lipinski definition) is 8. The van der Waals surface area contributed by atoms with E-state index in [9.17, 15) is 28.3 Å². The minimum atomic E-state index is -4.99. The van der Waals surface area contributed by atoms with Gasteiger partial charge in [0.2, 0.25) is 5.60 Å². The Morgan fingerprint density at radius 3 is 2.31 bits per heavy atom. The molecule has 2 heterocycles. The first-order chi connectivity index (χ1) is 23.0. The highest BCUT2D eigenvalue weighted by Gasteiger charge is 2.57. The summed E-state index contributed by atoms with van der Waals surface area (Å²) in [6.45, 7) is 2.09. The van der Waals surface area contributed by atoms with Crippen molar-refractivity contribution in [3.63, 3.8) is 0 Å². The van der Waals surface area contributed by atoms with Crippen molar-refractivity contribution in [2.75, 3.05) is 40.5 Å². The standard InChI is InChI=1S/C36H38F3N3O6/c1-4-47-34(43)19-25-8-12-32(33(18-25)46-3)48-28-13-15-41(16-14-28)23-35(44,36(37,38)39)30-22-42(21-24-5-9-27(45-2)10-6-24)31-17-26(20-40)7-11-29(30)31/h5-12,17-18,22,28,44H,4,13-16,19,21,23H2,1-3H3. The molecule has 1 unspecified atom stereocenters. The molecular formula is C36H38F3N3O6. The van der Waals surface area contributed by atoms with Gasteiger partial charge in [0.25, 0.3) is 0 Å². The van der Waals surface area contributed by atoms with Crippen molar-refractivity contribution in [2.45, 2.75) is 50.6 Å². The molecule has 0 spiro atoms. The Morgan fingerprint density at radius 2 is 1.69 bits per heavy atom. The van der Waals surface area contributed by atoms with Crippen molar-refractivity contribution in [1.82, 2.24) is 9.47 Å². The number of fused-ring (bicyclic) bond motifs is 1. The zero-order valence-electron chi connectivity index (χ0n) is 27.0. The molecule has 254 valence electrons. The minimum absolute atomic E-state index is 0.0879. The van der Waals surface area contributed by atoms with Crippen molar-refractivity contribution >= 4 is 16.9 Å². The Labute approximate surface area is 277 Å². The van der Waals surface area contributed by atoms with Gasteiger partial charge in [-0.1, -0.05) is 24.3 Å². The summed E-state index contributed by atoms with van der Waals surface area (Å²) in [5.41, 5.74) is -1.23. The van der Waals surface area contributed by atoms with E-state index in [1.807, 2.05) is 12.1 Å². The molecule has 1 aliphatic heterocycles. The van der Waals surface area contributed by atoms with Gasteiger partial charge in [-0.3, -0.25) is 9.69 Å². The van der Waals surface area contributed by atoms with Crippen LogP contribution in [0.4, 0.5) is 13.2 Å². The number of methoxy groups -OCH3 is 2. The average molecular weight is 666 g/mol. The highest BCUT2D eigenvalue weighted by molar-refractivity contribution is 5.86. The average Bonchev–Trinajstić information content (AvgIpc) is 3.43. The first-order valence-electron chi connectivity index (χ1n) is 15.6. The molecule has 12 heteroatoms. The Kier molecular flexibility index (Phi) is 10.5. The number of ether oxygens (including phenoxy) is 4. The van der Waals surface area contributed by atoms with Crippen LogP contribution in [0.25, 0.3) is 10.9 Å². The van der Waals surface area contributed by atoms with Crippen molar-refractivity contribution in [2.24, 2.45) is 0 Å². The molecule has 1 aliphatic rings. The number of esters is 1. The number of alkyl halides is 3. The molecule has 0 bridgehead atoms. The SMILES string of the molecule is CCOC(=O)Cc1ccc(OC2CCN(CC(O)(c3cn(Cc4ccc(OC)cc4)c4cc(C#N)ccc34)C(F)(F)F)CC2)c(OC)c1. The molecule has 0 aliphatic carbocycles. The number of carbonyl (C=O) groups is 1. The van der Waals surface area contributed by atoms with Gasteiger partial charge >= 0.3 is 12.1 Å². The van der Waals surface area contributed by atoms with Crippen LogP contribution in [-0.2, 0) is 28.1 Å². The van der Waals surface area contributed by atoms with E-state index < -0.39 is 18.3 Å². The van der Waals surface area contributed by atoms with Crippen molar-refractivity contribution in [1.29, 1.82) is 5.26 Å². The molecule has 5 rings (SSSR count). The van der Waals surface area contributed by atoms with Gasteiger partial charge in [-0.25, -0.2) is 0 Å². The van der Waals surface area contributed by atoms with E-state index >= 15 is 0 Å².